The molecule has 1 aromatic rings. The van der Waals surface area contributed by atoms with E-state index in [0.29, 0.717) is 31.2 Å². The summed E-state index contributed by atoms with van der Waals surface area (Å²) in [6.07, 6.45) is 11.9. The number of aryl methyl sites for hydroxylation is 1. The zero-order chi connectivity index (χ0) is 26.2. The van der Waals surface area contributed by atoms with E-state index in [4.69, 9.17) is 14.2 Å². The lowest BCUT2D eigenvalue weighted by Crippen LogP contribution is -2.58. The van der Waals surface area contributed by atoms with Crippen LogP contribution in [0.2, 0.25) is 0 Å². The Hall–Kier alpha value is -2.77. The number of amides is 2. The number of piperazine rings is 1. The topological polar surface area (TPSA) is 94.2 Å². The zero-order valence-corrected chi connectivity index (χ0v) is 22.3. The third-order valence-electron chi connectivity index (χ3n) is 6.44. The summed E-state index contributed by atoms with van der Waals surface area (Å²) in [6, 6.07) is 4.54. The lowest BCUT2D eigenvalue weighted by molar-refractivity contribution is -0.152. The Bertz CT molecular complexity index is 828. The summed E-state index contributed by atoms with van der Waals surface area (Å²) in [4.78, 5) is 39.1. The lowest BCUT2D eigenvalue weighted by atomic mass is 10.1. The van der Waals surface area contributed by atoms with Gasteiger partial charge in [0.1, 0.15) is 6.04 Å². The maximum absolute atomic E-state index is 12.9. The molecule has 1 atom stereocenters. The molecule has 1 N–H and O–H groups in total. The number of esters is 1. The van der Waals surface area contributed by atoms with Crippen LogP contribution in [0, 0.1) is 6.92 Å². The SMILES string of the molecule is CCCCCCCCCCCCOC(=O)CC1C(=O)NCCN1C(=O)COc1ccc(C)cc1OC. The summed E-state index contributed by atoms with van der Waals surface area (Å²) < 4.78 is 16.3. The Balaban J connectivity index is 1.71. The molecule has 0 spiro atoms. The van der Waals surface area contributed by atoms with Crippen LogP contribution in [0.1, 0.15) is 83.1 Å². The van der Waals surface area contributed by atoms with Crippen molar-refractivity contribution in [3.63, 3.8) is 0 Å². The second-order valence-electron chi connectivity index (χ2n) is 9.44. The van der Waals surface area contributed by atoms with Gasteiger partial charge in [-0.05, 0) is 31.0 Å². The van der Waals surface area contributed by atoms with Gasteiger partial charge in [-0.3, -0.25) is 14.4 Å². The van der Waals surface area contributed by atoms with Gasteiger partial charge in [0.25, 0.3) is 5.91 Å². The van der Waals surface area contributed by atoms with Crippen molar-refractivity contribution < 1.29 is 28.6 Å². The van der Waals surface area contributed by atoms with Crippen molar-refractivity contribution in [3.8, 4) is 11.5 Å². The van der Waals surface area contributed by atoms with Gasteiger partial charge >= 0.3 is 5.97 Å². The van der Waals surface area contributed by atoms with Crippen LogP contribution in [-0.2, 0) is 19.1 Å². The van der Waals surface area contributed by atoms with Crippen molar-refractivity contribution in [2.45, 2.75) is 90.5 Å². The van der Waals surface area contributed by atoms with Gasteiger partial charge in [0.05, 0.1) is 20.1 Å². The molecule has 0 saturated carbocycles. The van der Waals surface area contributed by atoms with E-state index in [1.165, 1.54) is 57.0 Å². The third kappa shape index (κ3) is 10.5. The largest absolute Gasteiger partial charge is 0.493 e. The molecule has 0 bridgehead atoms. The van der Waals surface area contributed by atoms with E-state index in [-0.39, 0.29) is 24.8 Å². The second-order valence-corrected chi connectivity index (χ2v) is 9.44. The van der Waals surface area contributed by atoms with Crippen LogP contribution < -0.4 is 14.8 Å². The third-order valence-corrected chi connectivity index (χ3v) is 6.44. The summed E-state index contributed by atoms with van der Waals surface area (Å²) in [5, 5.41) is 2.73. The fraction of sp³-hybridized carbons (Fsp3) is 0.679. The Morgan fingerprint density at radius 2 is 1.67 bits per heavy atom. The molecule has 1 aliphatic rings. The van der Waals surface area contributed by atoms with Gasteiger partial charge in [-0.15, -0.1) is 0 Å². The lowest BCUT2D eigenvalue weighted by Gasteiger charge is -2.34. The van der Waals surface area contributed by atoms with E-state index in [1.54, 1.807) is 6.07 Å². The average Bonchev–Trinajstić information content (AvgIpc) is 2.87. The van der Waals surface area contributed by atoms with Crippen molar-refractivity contribution in [2.24, 2.45) is 0 Å². The smallest absolute Gasteiger partial charge is 0.308 e. The van der Waals surface area contributed by atoms with Crippen molar-refractivity contribution in [2.75, 3.05) is 33.4 Å². The molecule has 0 radical (unpaired) electrons. The van der Waals surface area contributed by atoms with E-state index in [0.717, 1.165) is 24.8 Å². The molecule has 0 aromatic heterocycles. The Morgan fingerprint density at radius 1 is 1.00 bits per heavy atom. The minimum Gasteiger partial charge on any atom is -0.493 e. The van der Waals surface area contributed by atoms with Crippen LogP contribution in [0.4, 0.5) is 0 Å². The molecular formula is C28H44N2O6. The predicted octanol–water partition coefficient (Wildman–Crippen LogP) is 4.56. The van der Waals surface area contributed by atoms with Crippen LogP contribution in [0.15, 0.2) is 18.2 Å². The van der Waals surface area contributed by atoms with Crippen LogP contribution >= 0.6 is 0 Å². The molecule has 1 unspecified atom stereocenters. The van der Waals surface area contributed by atoms with Crippen molar-refractivity contribution in [1.82, 2.24) is 10.2 Å². The van der Waals surface area contributed by atoms with Gasteiger partial charge in [-0.1, -0.05) is 70.8 Å². The van der Waals surface area contributed by atoms with Crippen molar-refractivity contribution in [1.29, 1.82) is 0 Å². The van der Waals surface area contributed by atoms with E-state index in [1.807, 2.05) is 19.1 Å². The summed E-state index contributed by atoms with van der Waals surface area (Å²) in [5.41, 5.74) is 1.01. The first kappa shape index (κ1) is 29.5. The number of hydrogen-bond donors (Lipinski definition) is 1. The summed E-state index contributed by atoms with van der Waals surface area (Å²) in [7, 11) is 1.54. The van der Waals surface area contributed by atoms with Gasteiger partial charge in [0.15, 0.2) is 18.1 Å². The highest BCUT2D eigenvalue weighted by molar-refractivity contribution is 5.92. The molecule has 2 amide bonds. The molecule has 1 aromatic carbocycles. The first-order chi connectivity index (χ1) is 17.5. The quantitative estimate of drug-likeness (QED) is 0.247. The van der Waals surface area contributed by atoms with Crippen LogP contribution in [-0.4, -0.2) is 62.1 Å². The number of hydrogen-bond acceptors (Lipinski definition) is 6. The predicted molar refractivity (Wildman–Crippen MR) is 139 cm³/mol. The zero-order valence-electron chi connectivity index (χ0n) is 22.3. The molecule has 1 saturated heterocycles. The first-order valence-corrected chi connectivity index (χ1v) is 13.5. The molecule has 8 nitrogen and oxygen atoms in total. The van der Waals surface area contributed by atoms with Crippen molar-refractivity contribution >= 4 is 17.8 Å². The maximum Gasteiger partial charge on any atom is 0.308 e. The number of rotatable bonds is 17. The molecule has 8 heteroatoms. The fourth-order valence-electron chi connectivity index (χ4n) is 4.32. The van der Waals surface area contributed by atoms with Gasteiger partial charge in [-0.2, -0.15) is 0 Å². The number of carbonyl (C=O) groups excluding carboxylic acids is 3. The molecule has 1 heterocycles. The highest BCUT2D eigenvalue weighted by Crippen LogP contribution is 2.28. The van der Waals surface area contributed by atoms with Gasteiger partial charge in [0.2, 0.25) is 5.91 Å². The van der Waals surface area contributed by atoms with E-state index in [9.17, 15) is 14.4 Å². The summed E-state index contributed by atoms with van der Waals surface area (Å²) in [6.45, 7) is 4.90. The minimum atomic E-state index is -0.894. The van der Waals surface area contributed by atoms with Gasteiger partial charge in [-0.25, -0.2) is 0 Å². The molecule has 1 fully saturated rings. The highest BCUT2D eigenvalue weighted by atomic mass is 16.5. The molecular weight excluding hydrogens is 460 g/mol. The maximum atomic E-state index is 12.9. The van der Waals surface area contributed by atoms with E-state index in [2.05, 4.69) is 12.2 Å². The Morgan fingerprint density at radius 3 is 2.33 bits per heavy atom. The Labute approximate surface area is 216 Å². The average molecular weight is 505 g/mol. The number of benzene rings is 1. The minimum absolute atomic E-state index is 0.164. The molecule has 202 valence electrons. The summed E-state index contributed by atoms with van der Waals surface area (Å²) in [5.74, 6) is -0.193. The van der Waals surface area contributed by atoms with Crippen LogP contribution in [0.3, 0.4) is 0 Å². The molecule has 36 heavy (non-hydrogen) atoms. The molecule has 2 rings (SSSR count). The van der Waals surface area contributed by atoms with E-state index >= 15 is 0 Å². The van der Waals surface area contributed by atoms with Crippen LogP contribution in [0.5, 0.6) is 11.5 Å². The van der Waals surface area contributed by atoms with Crippen LogP contribution in [0.25, 0.3) is 0 Å². The molecule has 0 aliphatic carbocycles. The number of nitrogens with zero attached hydrogens (tertiary/aromatic N) is 1. The first-order valence-electron chi connectivity index (χ1n) is 13.5. The second kappa shape index (κ2) is 16.8. The normalized spacial score (nSPS) is 15.4. The number of ether oxygens (including phenoxy) is 3. The number of unbranched alkanes of at least 4 members (excludes halogenated alkanes) is 9. The standard InChI is InChI=1S/C28H44N2O6/c1-4-5-6-7-8-9-10-11-12-13-18-35-27(32)20-23-28(33)29-16-17-30(23)26(31)21-36-24-15-14-22(2)19-25(24)34-3/h14-15,19,23H,4-13,16-18,20-21H2,1-3H3,(H,29,33). The fourth-order valence-corrected chi connectivity index (χ4v) is 4.32. The number of carbonyl (C=O) groups is 3. The highest BCUT2D eigenvalue weighted by Gasteiger charge is 2.35. The molecule has 1 aliphatic heterocycles. The van der Waals surface area contributed by atoms with E-state index < -0.39 is 12.0 Å². The summed E-state index contributed by atoms with van der Waals surface area (Å²) >= 11 is 0. The number of methoxy groups -OCH3 is 1. The monoisotopic (exact) mass is 504 g/mol. The van der Waals surface area contributed by atoms with Crippen molar-refractivity contribution in [3.05, 3.63) is 23.8 Å². The van der Waals surface area contributed by atoms with Gasteiger partial charge in [0, 0.05) is 13.1 Å². The Kier molecular flexibility index (Phi) is 13.8. The van der Waals surface area contributed by atoms with Gasteiger partial charge < -0.3 is 24.4 Å². The number of nitrogens with one attached hydrogen (secondary N) is 1.